The lowest BCUT2D eigenvalue weighted by Gasteiger charge is -2.28. The number of aromatic nitrogens is 4. The Morgan fingerprint density at radius 2 is 1.87 bits per heavy atom. The number of hydrogen-bond donors (Lipinski definition) is 2. The van der Waals surface area contributed by atoms with Gasteiger partial charge in [-0.15, -0.1) is 5.92 Å². The summed E-state index contributed by atoms with van der Waals surface area (Å²) in [6.07, 6.45) is -5.08. The molecule has 1 aromatic carbocycles. The fourth-order valence-corrected chi connectivity index (χ4v) is 3.84. The number of halogens is 3. The molecule has 3 aromatic rings. The largest absolute Gasteiger partial charge is 0.490 e. The van der Waals surface area contributed by atoms with Crippen LogP contribution in [0, 0.1) is 23.2 Å². The monoisotopic (exact) mass is 531 g/mol. The van der Waals surface area contributed by atoms with Crippen LogP contribution >= 0.6 is 0 Å². The van der Waals surface area contributed by atoms with Crippen LogP contribution in [-0.4, -0.2) is 62.1 Å². The highest BCUT2D eigenvalue weighted by atomic mass is 19.4. The Balaban J connectivity index is 0.000000505. The number of aryl methyl sites for hydroxylation is 1. The molecule has 38 heavy (non-hydrogen) atoms. The minimum Gasteiger partial charge on any atom is -0.475 e. The Morgan fingerprint density at radius 1 is 1.21 bits per heavy atom. The summed E-state index contributed by atoms with van der Waals surface area (Å²) in [5, 5.41) is 19.6. The van der Waals surface area contributed by atoms with Crippen LogP contribution in [0.1, 0.15) is 18.1 Å². The van der Waals surface area contributed by atoms with Gasteiger partial charge in [0.25, 0.3) is 5.56 Å². The number of piperazine rings is 1. The predicted octanol–water partition coefficient (Wildman–Crippen LogP) is 0.883. The number of imidazole rings is 1. The molecule has 3 heterocycles. The molecule has 14 heteroatoms. The summed E-state index contributed by atoms with van der Waals surface area (Å²) in [4.78, 5) is 42.2. The quantitative estimate of drug-likeness (QED) is 0.474. The molecule has 0 bridgehead atoms. The number of anilines is 1. The first-order valence-corrected chi connectivity index (χ1v) is 11.3. The average molecular weight is 531 g/mol. The van der Waals surface area contributed by atoms with Gasteiger partial charge < -0.3 is 15.3 Å². The normalized spacial score (nSPS) is 13.2. The van der Waals surface area contributed by atoms with Gasteiger partial charge in [-0.05, 0) is 24.6 Å². The van der Waals surface area contributed by atoms with E-state index in [1.807, 2.05) is 0 Å². The van der Waals surface area contributed by atoms with Gasteiger partial charge >= 0.3 is 17.8 Å². The van der Waals surface area contributed by atoms with E-state index in [4.69, 9.17) is 15.2 Å². The number of fused-ring (bicyclic) bond motifs is 1. The summed E-state index contributed by atoms with van der Waals surface area (Å²) in [6.45, 7) is 5.29. The molecule has 2 aromatic heterocycles. The molecule has 1 aliphatic rings. The molecule has 1 saturated heterocycles. The van der Waals surface area contributed by atoms with Gasteiger partial charge in [0.15, 0.2) is 11.2 Å². The van der Waals surface area contributed by atoms with Crippen molar-refractivity contribution in [2.24, 2.45) is 7.05 Å². The second-order valence-corrected chi connectivity index (χ2v) is 8.18. The van der Waals surface area contributed by atoms with Gasteiger partial charge in [0.1, 0.15) is 0 Å². The molecule has 0 atom stereocenters. The van der Waals surface area contributed by atoms with Gasteiger partial charge in [-0.1, -0.05) is 18.1 Å². The maximum atomic E-state index is 13.5. The summed E-state index contributed by atoms with van der Waals surface area (Å²) in [6, 6.07) is 8.99. The Kier molecular flexibility index (Phi) is 8.60. The number of benzene rings is 1. The van der Waals surface area contributed by atoms with Crippen molar-refractivity contribution in [1.82, 2.24) is 24.0 Å². The Morgan fingerprint density at radius 3 is 2.45 bits per heavy atom. The molecular weight excluding hydrogens is 507 g/mol. The first-order valence-electron chi connectivity index (χ1n) is 11.3. The first-order chi connectivity index (χ1) is 18.0. The van der Waals surface area contributed by atoms with Crippen LogP contribution in [0.15, 0.2) is 33.9 Å². The van der Waals surface area contributed by atoms with Crippen LogP contribution in [0.4, 0.5) is 19.1 Å². The van der Waals surface area contributed by atoms with Gasteiger partial charge in [0.05, 0.1) is 24.7 Å². The number of carbonyl (C=O) groups is 1. The molecule has 0 spiro atoms. The summed E-state index contributed by atoms with van der Waals surface area (Å²) in [5.74, 6) is 3.79. The number of nitrogens with one attached hydrogen (secondary N) is 1. The highest BCUT2D eigenvalue weighted by molar-refractivity contribution is 5.75. The maximum absolute atomic E-state index is 13.5. The first kappa shape index (κ1) is 28.0. The van der Waals surface area contributed by atoms with Crippen molar-refractivity contribution in [3.63, 3.8) is 0 Å². The van der Waals surface area contributed by atoms with Crippen LogP contribution < -0.4 is 21.5 Å². The number of aliphatic carboxylic acids is 1. The van der Waals surface area contributed by atoms with Crippen molar-refractivity contribution in [3.8, 4) is 17.9 Å². The molecule has 1 fully saturated rings. The maximum Gasteiger partial charge on any atom is 0.490 e. The molecule has 0 amide bonds. The number of carboxylic acid groups (broad SMARTS) is 1. The highest BCUT2D eigenvalue weighted by Crippen LogP contribution is 2.20. The molecule has 0 saturated carbocycles. The number of nitrogens with zero attached hydrogens (tertiary/aromatic N) is 6. The average Bonchev–Trinajstić information content (AvgIpc) is 3.29. The zero-order valence-corrected chi connectivity index (χ0v) is 20.5. The van der Waals surface area contributed by atoms with Crippen LogP contribution in [-0.2, 0) is 24.9 Å². The summed E-state index contributed by atoms with van der Waals surface area (Å²) in [5.41, 5.74) is 1.04. The third-order valence-electron chi connectivity index (χ3n) is 5.67. The SMILES string of the molecule is CC#CCn1c(N2CCNCC2)nc2c1c(=O)n(Cc1cccc(C#N)c1)c(=O)n2C.O=C(O)C(F)(F)F. The van der Waals surface area contributed by atoms with E-state index in [9.17, 15) is 22.8 Å². The summed E-state index contributed by atoms with van der Waals surface area (Å²) >= 11 is 0. The van der Waals surface area contributed by atoms with Crippen LogP contribution in [0.5, 0.6) is 0 Å². The smallest absolute Gasteiger partial charge is 0.475 e. The van der Waals surface area contributed by atoms with Crippen molar-refractivity contribution >= 4 is 23.1 Å². The van der Waals surface area contributed by atoms with Gasteiger partial charge in [0, 0.05) is 33.2 Å². The van der Waals surface area contributed by atoms with Crippen molar-refractivity contribution in [2.75, 3.05) is 31.1 Å². The third-order valence-corrected chi connectivity index (χ3v) is 5.67. The van der Waals surface area contributed by atoms with Gasteiger partial charge in [0.2, 0.25) is 5.95 Å². The van der Waals surface area contributed by atoms with Crippen molar-refractivity contribution in [2.45, 2.75) is 26.2 Å². The second-order valence-electron chi connectivity index (χ2n) is 8.18. The predicted molar refractivity (Wildman–Crippen MR) is 132 cm³/mol. The molecular formula is C24H24F3N7O4. The number of carboxylic acids is 1. The lowest BCUT2D eigenvalue weighted by atomic mass is 10.1. The summed E-state index contributed by atoms with van der Waals surface area (Å²) in [7, 11) is 1.62. The lowest BCUT2D eigenvalue weighted by Crippen LogP contribution is -2.44. The van der Waals surface area contributed by atoms with E-state index in [-0.39, 0.29) is 6.54 Å². The van der Waals surface area contributed by atoms with E-state index < -0.39 is 23.4 Å². The summed E-state index contributed by atoms with van der Waals surface area (Å²) < 4.78 is 36.1. The molecule has 11 nitrogen and oxygen atoms in total. The fraction of sp³-hybridized carbons (Fsp3) is 0.375. The van der Waals surface area contributed by atoms with E-state index in [0.717, 1.165) is 26.2 Å². The van der Waals surface area contributed by atoms with Gasteiger partial charge in [-0.2, -0.15) is 23.4 Å². The second kappa shape index (κ2) is 11.7. The number of rotatable bonds is 4. The zero-order valence-electron chi connectivity index (χ0n) is 20.5. The number of hydrogen-bond acceptors (Lipinski definition) is 7. The Hall–Kier alpha value is -4.56. The molecule has 2 N–H and O–H groups in total. The Labute approximate surface area is 214 Å². The van der Waals surface area contributed by atoms with Crippen LogP contribution in [0.25, 0.3) is 11.2 Å². The van der Waals surface area contributed by atoms with Gasteiger partial charge in [-0.25, -0.2) is 9.59 Å². The molecule has 1 aliphatic heterocycles. The van der Waals surface area contributed by atoms with E-state index in [1.165, 1.54) is 9.13 Å². The van der Waals surface area contributed by atoms with Crippen LogP contribution in [0.3, 0.4) is 0 Å². The number of alkyl halides is 3. The molecule has 200 valence electrons. The molecule has 0 radical (unpaired) electrons. The van der Waals surface area contributed by atoms with E-state index in [0.29, 0.717) is 34.8 Å². The van der Waals surface area contributed by atoms with E-state index in [2.05, 4.69) is 33.1 Å². The lowest BCUT2D eigenvalue weighted by molar-refractivity contribution is -0.192. The molecule has 4 rings (SSSR count). The molecule has 0 unspecified atom stereocenters. The van der Waals surface area contributed by atoms with E-state index >= 15 is 0 Å². The number of nitriles is 1. The standard InChI is InChI=1S/C22H23N7O2.C2HF3O2/c1-3-4-10-28-18-19(25-21(28)27-11-8-24-9-12-27)26(2)22(31)29(20(18)30)15-17-7-5-6-16(13-17)14-23;3-2(4,5)1(6)7/h5-7,13,24H,8-12,15H2,1-2H3;(H,6,7). The van der Waals surface area contributed by atoms with Crippen molar-refractivity contribution in [3.05, 3.63) is 56.2 Å². The topological polar surface area (TPSA) is 138 Å². The minimum absolute atomic E-state index is 0.0740. The third kappa shape index (κ3) is 6.04. The van der Waals surface area contributed by atoms with Crippen molar-refractivity contribution < 1.29 is 23.1 Å². The van der Waals surface area contributed by atoms with E-state index in [1.54, 1.807) is 42.8 Å². The van der Waals surface area contributed by atoms with Crippen LogP contribution in [0.2, 0.25) is 0 Å². The highest BCUT2D eigenvalue weighted by Gasteiger charge is 2.38. The van der Waals surface area contributed by atoms with Gasteiger partial charge in [-0.3, -0.25) is 18.5 Å². The zero-order chi connectivity index (χ0) is 28.0. The van der Waals surface area contributed by atoms with Crippen molar-refractivity contribution in [1.29, 1.82) is 5.26 Å². The fourth-order valence-electron chi connectivity index (χ4n) is 3.84. The Bertz CT molecular complexity index is 1560. The minimum atomic E-state index is -5.08. The molecule has 0 aliphatic carbocycles.